The molecule has 1 heterocycles. The highest BCUT2D eigenvalue weighted by atomic mass is 32.1. The van der Waals surface area contributed by atoms with Crippen LogP contribution in [0.5, 0.6) is 5.75 Å². The lowest BCUT2D eigenvalue weighted by atomic mass is 10.2. The first kappa shape index (κ1) is 15.0. The Kier molecular flexibility index (Phi) is 5.29. The van der Waals surface area contributed by atoms with Gasteiger partial charge < -0.3 is 4.74 Å². The van der Waals surface area contributed by atoms with Crippen LogP contribution in [0.4, 0.5) is 0 Å². The van der Waals surface area contributed by atoms with Crippen molar-refractivity contribution < 1.29 is 9.53 Å². The number of amides is 1. The summed E-state index contributed by atoms with van der Waals surface area (Å²) in [4.78, 5) is 12.9. The molecule has 0 bridgehead atoms. The first-order valence-electron chi connectivity index (χ1n) is 6.42. The molecule has 0 radical (unpaired) electrons. The van der Waals surface area contributed by atoms with E-state index < -0.39 is 0 Å². The highest BCUT2D eigenvalue weighted by molar-refractivity contribution is 7.11. The predicted molar refractivity (Wildman–Crippen MR) is 86.3 cm³/mol. The first-order valence-corrected chi connectivity index (χ1v) is 7.30. The molecule has 2 rings (SSSR count). The molecule has 1 aromatic carbocycles. The second-order valence-corrected chi connectivity index (χ2v) is 5.24. The molecular formula is C16H16N2O2S. The van der Waals surface area contributed by atoms with E-state index in [1.807, 2.05) is 18.4 Å². The summed E-state index contributed by atoms with van der Waals surface area (Å²) < 4.78 is 5.36. The normalized spacial score (nSPS) is 10.5. The van der Waals surface area contributed by atoms with E-state index in [4.69, 9.17) is 4.74 Å². The number of nitrogens with zero attached hydrogens (tertiary/aromatic N) is 1. The number of aryl methyl sites for hydroxylation is 1. The minimum Gasteiger partial charge on any atom is -0.490 e. The number of benzene rings is 1. The minimum absolute atomic E-state index is 0.254. The van der Waals surface area contributed by atoms with Gasteiger partial charge in [0.15, 0.2) is 0 Å². The fourth-order valence-electron chi connectivity index (χ4n) is 1.59. The molecule has 2 aromatic rings. The number of carbonyl (C=O) groups excluding carboxylic acids is 1. The van der Waals surface area contributed by atoms with Gasteiger partial charge in [0.05, 0.1) is 6.21 Å². The Labute approximate surface area is 127 Å². The Morgan fingerprint density at radius 1 is 1.38 bits per heavy atom. The molecule has 0 saturated carbocycles. The number of carbonyl (C=O) groups is 1. The van der Waals surface area contributed by atoms with Crippen LogP contribution in [0.2, 0.25) is 0 Å². The molecule has 21 heavy (non-hydrogen) atoms. The number of thiophene rings is 1. The average molecular weight is 300 g/mol. The molecule has 5 heteroatoms. The number of nitrogens with one attached hydrogen (secondary N) is 1. The second kappa shape index (κ2) is 7.40. The molecule has 0 aliphatic heterocycles. The van der Waals surface area contributed by atoms with Crippen molar-refractivity contribution in [2.75, 3.05) is 6.61 Å². The third kappa shape index (κ3) is 4.29. The van der Waals surface area contributed by atoms with E-state index >= 15 is 0 Å². The van der Waals surface area contributed by atoms with Gasteiger partial charge in [-0.05, 0) is 48.2 Å². The Morgan fingerprint density at radius 2 is 2.14 bits per heavy atom. The lowest BCUT2D eigenvalue weighted by Crippen LogP contribution is -2.17. The molecule has 108 valence electrons. The number of hydrogen-bond acceptors (Lipinski definition) is 4. The van der Waals surface area contributed by atoms with Gasteiger partial charge in [0.1, 0.15) is 12.4 Å². The van der Waals surface area contributed by atoms with Gasteiger partial charge in [-0.25, -0.2) is 5.43 Å². The quantitative estimate of drug-likeness (QED) is 0.505. The van der Waals surface area contributed by atoms with E-state index in [-0.39, 0.29) is 5.91 Å². The zero-order valence-electron chi connectivity index (χ0n) is 11.7. The zero-order chi connectivity index (χ0) is 15.1. The summed E-state index contributed by atoms with van der Waals surface area (Å²) in [6, 6.07) is 8.88. The van der Waals surface area contributed by atoms with Crippen LogP contribution in [0.3, 0.4) is 0 Å². The summed E-state index contributed by atoms with van der Waals surface area (Å²) in [6.45, 7) is 6.02. The van der Waals surface area contributed by atoms with Gasteiger partial charge in [0.25, 0.3) is 5.91 Å². The maximum Gasteiger partial charge on any atom is 0.271 e. The van der Waals surface area contributed by atoms with E-state index in [1.165, 1.54) is 0 Å². The van der Waals surface area contributed by atoms with Gasteiger partial charge >= 0.3 is 0 Å². The van der Waals surface area contributed by atoms with Gasteiger partial charge in [-0.1, -0.05) is 12.7 Å². The summed E-state index contributed by atoms with van der Waals surface area (Å²) in [6.07, 6.45) is 3.32. The molecule has 4 nitrogen and oxygen atoms in total. The summed E-state index contributed by atoms with van der Waals surface area (Å²) >= 11 is 1.58. The number of hydrazone groups is 1. The third-order valence-electron chi connectivity index (χ3n) is 2.73. The molecule has 0 spiro atoms. The van der Waals surface area contributed by atoms with E-state index in [9.17, 15) is 4.79 Å². The van der Waals surface area contributed by atoms with Crippen LogP contribution >= 0.6 is 11.3 Å². The highest BCUT2D eigenvalue weighted by Crippen LogP contribution is 2.13. The highest BCUT2D eigenvalue weighted by Gasteiger charge is 2.04. The average Bonchev–Trinajstić information content (AvgIpc) is 2.91. The van der Waals surface area contributed by atoms with Crippen molar-refractivity contribution in [3.8, 4) is 5.75 Å². The topological polar surface area (TPSA) is 50.7 Å². The summed E-state index contributed by atoms with van der Waals surface area (Å²) in [7, 11) is 0. The molecule has 1 amide bonds. The second-order valence-electron chi connectivity index (χ2n) is 4.29. The molecule has 0 unspecified atom stereocenters. The van der Waals surface area contributed by atoms with Crippen LogP contribution in [0, 0.1) is 6.92 Å². The van der Waals surface area contributed by atoms with Crippen LogP contribution < -0.4 is 10.2 Å². The van der Waals surface area contributed by atoms with E-state index in [1.54, 1.807) is 47.9 Å². The summed E-state index contributed by atoms with van der Waals surface area (Å²) in [5.41, 5.74) is 4.18. The van der Waals surface area contributed by atoms with Crippen molar-refractivity contribution >= 4 is 23.5 Å². The summed E-state index contributed by atoms with van der Waals surface area (Å²) in [5.74, 6) is 0.444. The van der Waals surface area contributed by atoms with Crippen molar-refractivity contribution in [2.45, 2.75) is 6.92 Å². The monoisotopic (exact) mass is 300 g/mol. The predicted octanol–water partition coefficient (Wildman–Crippen LogP) is 3.39. The lowest BCUT2D eigenvalue weighted by Gasteiger charge is -2.04. The smallest absolute Gasteiger partial charge is 0.271 e. The van der Waals surface area contributed by atoms with Crippen LogP contribution in [0.25, 0.3) is 0 Å². The van der Waals surface area contributed by atoms with Crippen molar-refractivity contribution in [1.82, 2.24) is 5.43 Å². The molecule has 0 aliphatic rings. The van der Waals surface area contributed by atoms with Crippen LogP contribution in [-0.2, 0) is 0 Å². The molecule has 0 saturated heterocycles. The van der Waals surface area contributed by atoms with Crippen molar-refractivity contribution in [3.05, 3.63) is 64.4 Å². The Balaban J connectivity index is 1.92. The van der Waals surface area contributed by atoms with Crippen LogP contribution in [-0.4, -0.2) is 18.7 Å². The van der Waals surface area contributed by atoms with E-state index in [0.717, 1.165) is 10.4 Å². The van der Waals surface area contributed by atoms with Gasteiger partial charge in [0, 0.05) is 10.4 Å². The maximum absolute atomic E-state index is 11.9. The fourth-order valence-corrected chi connectivity index (χ4v) is 2.37. The molecule has 0 atom stereocenters. The first-order chi connectivity index (χ1) is 10.2. The van der Waals surface area contributed by atoms with Crippen LogP contribution in [0.1, 0.15) is 20.8 Å². The molecule has 1 N–H and O–H groups in total. The lowest BCUT2D eigenvalue weighted by molar-refractivity contribution is 0.0955. The molecule has 1 aromatic heterocycles. The number of rotatable bonds is 6. The number of ether oxygens (including phenoxy) is 1. The fraction of sp³-hybridized carbons (Fsp3) is 0.125. The SMILES string of the molecule is C=CCOc1ccc(C(=O)NN=Cc2sccc2C)cc1. The third-order valence-corrected chi connectivity index (χ3v) is 3.69. The zero-order valence-corrected chi connectivity index (χ0v) is 12.5. The van der Waals surface area contributed by atoms with E-state index in [2.05, 4.69) is 17.1 Å². The standard InChI is InChI=1S/C16H16N2O2S/c1-3-9-20-14-6-4-13(5-7-14)16(19)18-17-11-15-12(2)8-10-21-15/h3-8,10-11H,1,9H2,2H3,(H,18,19). The number of hydrogen-bond donors (Lipinski definition) is 1. The largest absolute Gasteiger partial charge is 0.490 e. The molecular weight excluding hydrogens is 284 g/mol. The van der Waals surface area contributed by atoms with Crippen molar-refractivity contribution in [1.29, 1.82) is 0 Å². The van der Waals surface area contributed by atoms with Gasteiger partial charge in [-0.15, -0.1) is 11.3 Å². The van der Waals surface area contributed by atoms with Crippen molar-refractivity contribution in [2.24, 2.45) is 5.10 Å². The Bertz CT molecular complexity index is 645. The Morgan fingerprint density at radius 3 is 2.76 bits per heavy atom. The van der Waals surface area contributed by atoms with Gasteiger partial charge in [-0.3, -0.25) is 4.79 Å². The van der Waals surface area contributed by atoms with Gasteiger partial charge in [-0.2, -0.15) is 5.10 Å². The van der Waals surface area contributed by atoms with E-state index in [0.29, 0.717) is 17.9 Å². The van der Waals surface area contributed by atoms with Crippen molar-refractivity contribution in [3.63, 3.8) is 0 Å². The minimum atomic E-state index is -0.254. The molecule has 0 fully saturated rings. The van der Waals surface area contributed by atoms with Crippen LogP contribution in [0.15, 0.2) is 53.5 Å². The Hall–Kier alpha value is -2.40. The summed E-state index contributed by atoms with van der Waals surface area (Å²) in [5, 5.41) is 5.95. The molecule has 0 aliphatic carbocycles. The van der Waals surface area contributed by atoms with Gasteiger partial charge in [0.2, 0.25) is 0 Å². The maximum atomic E-state index is 11.9.